The molecular weight excluding hydrogens is 286 g/mol. The van der Waals surface area contributed by atoms with Crippen LogP contribution in [-0.2, 0) is 13.3 Å². The first-order valence-corrected chi connectivity index (χ1v) is 12.4. The van der Waals surface area contributed by atoms with Crippen molar-refractivity contribution in [1.82, 2.24) is 4.57 Å². The van der Waals surface area contributed by atoms with Crippen molar-refractivity contribution < 1.29 is 13.3 Å². The SMILES string of the molecule is CCN(CCC[Si](OC)(OC)OC)[Si](CC)(CC)CC. The molecule has 20 heavy (non-hydrogen) atoms. The molecule has 0 saturated heterocycles. The first-order chi connectivity index (χ1) is 9.53. The van der Waals surface area contributed by atoms with Gasteiger partial charge in [-0.05, 0) is 37.6 Å². The highest BCUT2D eigenvalue weighted by molar-refractivity contribution is 6.77. The van der Waals surface area contributed by atoms with E-state index in [1.807, 2.05) is 0 Å². The molecule has 0 aliphatic rings. The maximum atomic E-state index is 5.50. The first-order valence-electron chi connectivity index (χ1n) is 7.94. The first kappa shape index (κ1) is 20.3. The van der Waals surface area contributed by atoms with Gasteiger partial charge in [0.2, 0.25) is 0 Å². The predicted molar refractivity (Wildman–Crippen MR) is 90.6 cm³/mol. The van der Waals surface area contributed by atoms with Crippen LogP contribution in [0.1, 0.15) is 34.1 Å². The Kier molecular flexibility index (Phi) is 10.2. The van der Waals surface area contributed by atoms with Gasteiger partial charge in [-0.25, -0.2) is 0 Å². The van der Waals surface area contributed by atoms with E-state index in [1.165, 1.54) is 18.1 Å². The fourth-order valence-electron chi connectivity index (χ4n) is 3.19. The topological polar surface area (TPSA) is 30.9 Å². The summed E-state index contributed by atoms with van der Waals surface area (Å²) in [7, 11) is 1.44. The minimum atomic E-state index is -2.40. The van der Waals surface area contributed by atoms with E-state index in [9.17, 15) is 0 Å². The molecule has 0 aliphatic heterocycles. The Labute approximate surface area is 128 Å². The molecule has 0 amide bonds. The van der Waals surface area contributed by atoms with E-state index in [4.69, 9.17) is 13.3 Å². The van der Waals surface area contributed by atoms with E-state index in [0.717, 1.165) is 25.6 Å². The largest absolute Gasteiger partial charge is 0.500 e. The molecule has 4 nitrogen and oxygen atoms in total. The molecular formula is C14H35NO3Si2. The molecule has 0 aliphatic carbocycles. The van der Waals surface area contributed by atoms with E-state index in [1.54, 1.807) is 21.3 Å². The number of nitrogens with zero attached hydrogens (tertiary/aromatic N) is 1. The van der Waals surface area contributed by atoms with Gasteiger partial charge in [0.1, 0.15) is 8.24 Å². The lowest BCUT2D eigenvalue weighted by atomic mass is 10.5. The minimum Gasteiger partial charge on any atom is -0.377 e. The number of rotatable bonds is 12. The molecule has 0 rings (SSSR count). The second-order valence-corrected chi connectivity index (χ2v) is 13.6. The Bertz CT molecular complexity index is 230. The van der Waals surface area contributed by atoms with Gasteiger partial charge in [-0.2, -0.15) is 0 Å². The van der Waals surface area contributed by atoms with E-state index >= 15 is 0 Å². The zero-order chi connectivity index (χ0) is 15.6. The quantitative estimate of drug-likeness (QED) is 0.514. The van der Waals surface area contributed by atoms with Crippen molar-refractivity contribution in [2.24, 2.45) is 0 Å². The average Bonchev–Trinajstić information content (AvgIpc) is 2.52. The molecule has 0 aromatic carbocycles. The third-order valence-electron chi connectivity index (χ3n) is 4.87. The van der Waals surface area contributed by atoms with Gasteiger partial charge in [-0.1, -0.05) is 27.7 Å². The van der Waals surface area contributed by atoms with Crippen LogP contribution in [0.15, 0.2) is 0 Å². The fourth-order valence-corrected chi connectivity index (χ4v) is 9.04. The zero-order valence-corrected chi connectivity index (χ0v) is 16.6. The second kappa shape index (κ2) is 10.1. The molecule has 122 valence electrons. The van der Waals surface area contributed by atoms with Crippen LogP contribution >= 0.6 is 0 Å². The Morgan fingerprint density at radius 3 is 1.55 bits per heavy atom. The Balaban J connectivity index is 4.60. The van der Waals surface area contributed by atoms with Crippen LogP contribution in [0.25, 0.3) is 0 Å². The standard InChI is InChI=1S/C14H35NO3Si2/c1-8-15(19(9-2,10-3)11-4)13-12-14-20(16-5,17-6)18-7/h8-14H2,1-7H3. The summed E-state index contributed by atoms with van der Waals surface area (Å²) in [5.74, 6) is 0. The summed E-state index contributed by atoms with van der Waals surface area (Å²) in [6.07, 6.45) is 1.09. The molecule has 0 saturated carbocycles. The summed E-state index contributed by atoms with van der Waals surface area (Å²) in [4.78, 5) is 0. The minimum absolute atomic E-state index is 0.897. The van der Waals surface area contributed by atoms with Gasteiger partial charge in [0, 0.05) is 27.4 Å². The zero-order valence-electron chi connectivity index (χ0n) is 14.6. The van der Waals surface area contributed by atoms with Crippen LogP contribution < -0.4 is 0 Å². The Morgan fingerprint density at radius 2 is 1.25 bits per heavy atom. The van der Waals surface area contributed by atoms with Gasteiger partial charge in [0.05, 0.1) is 0 Å². The highest BCUT2D eigenvalue weighted by Crippen LogP contribution is 2.26. The molecule has 0 spiro atoms. The maximum Gasteiger partial charge on any atom is 0.500 e. The van der Waals surface area contributed by atoms with Gasteiger partial charge >= 0.3 is 8.80 Å². The van der Waals surface area contributed by atoms with Crippen molar-refractivity contribution in [3.05, 3.63) is 0 Å². The van der Waals surface area contributed by atoms with Crippen molar-refractivity contribution in [3.8, 4) is 0 Å². The summed E-state index contributed by atoms with van der Waals surface area (Å²) < 4.78 is 19.3. The Morgan fingerprint density at radius 1 is 0.800 bits per heavy atom. The van der Waals surface area contributed by atoms with E-state index in [0.29, 0.717) is 0 Å². The van der Waals surface area contributed by atoms with E-state index < -0.39 is 17.0 Å². The Hall–Kier alpha value is 0.274. The van der Waals surface area contributed by atoms with Crippen molar-refractivity contribution >= 4 is 17.0 Å². The third-order valence-corrected chi connectivity index (χ3v) is 13.5. The molecule has 0 N–H and O–H groups in total. The van der Waals surface area contributed by atoms with Crippen LogP contribution in [0.4, 0.5) is 0 Å². The molecule has 0 fully saturated rings. The summed E-state index contributed by atoms with van der Waals surface area (Å²) in [5.41, 5.74) is 0. The molecule has 0 aromatic rings. The van der Waals surface area contributed by atoms with Crippen molar-refractivity contribution in [1.29, 1.82) is 0 Å². The van der Waals surface area contributed by atoms with Gasteiger partial charge in [0.25, 0.3) is 0 Å². The molecule has 0 heterocycles. The summed E-state index contributed by atoms with van der Waals surface area (Å²) in [6.45, 7) is 11.7. The summed E-state index contributed by atoms with van der Waals surface area (Å²) in [6, 6.07) is 4.92. The highest BCUT2D eigenvalue weighted by atomic mass is 28.4. The van der Waals surface area contributed by atoms with Crippen LogP contribution in [0, 0.1) is 0 Å². The van der Waals surface area contributed by atoms with E-state index in [-0.39, 0.29) is 0 Å². The molecule has 6 heteroatoms. The van der Waals surface area contributed by atoms with Crippen molar-refractivity contribution in [3.63, 3.8) is 0 Å². The average molecular weight is 322 g/mol. The monoisotopic (exact) mass is 321 g/mol. The molecule has 0 bridgehead atoms. The van der Waals surface area contributed by atoms with E-state index in [2.05, 4.69) is 32.3 Å². The summed E-state index contributed by atoms with van der Waals surface area (Å²) >= 11 is 0. The number of hydrogen-bond acceptors (Lipinski definition) is 4. The van der Waals surface area contributed by atoms with Crippen LogP contribution in [0.3, 0.4) is 0 Å². The molecule has 0 unspecified atom stereocenters. The van der Waals surface area contributed by atoms with Crippen LogP contribution in [-0.4, -0.2) is 56.0 Å². The van der Waals surface area contributed by atoms with Gasteiger partial charge in [-0.15, -0.1) is 0 Å². The van der Waals surface area contributed by atoms with Crippen molar-refractivity contribution in [2.45, 2.75) is 58.3 Å². The molecule has 0 radical (unpaired) electrons. The second-order valence-electron chi connectivity index (χ2n) is 5.26. The summed E-state index contributed by atoms with van der Waals surface area (Å²) in [5, 5.41) is 0. The van der Waals surface area contributed by atoms with Gasteiger partial charge < -0.3 is 17.8 Å². The molecule has 0 aromatic heterocycles. The van der Waals surface area contributed by atoms with Gasteiger partial charge in [-0.3, -0.25) is 0 Å². The van der Waals surface area contributed by atoms with Crippen LogP contribution in [0.5, 0.6) is 0 Å². The van der Waals surface area contributed by atoms with Crippen LogP contribution in [0.2, 0.25) is 24.2 Å². The number of hydrogen-bond donors (Lipinski definition) is 0. The highest BCUT2D eigenvalue weighted by Gasteiger charge is 2.38. The lowest BCUT2D eigenvalue weighted by molar-refractivity contribution is 0.122. The fraction of sp³-hybridized carbons (Fsp3) is 1.00. The predicted octanol–water partition coefficient (Wildman–Crippen LogP) is 3.58. The van der Waals surface area contributed by atoms with Crippen molar-refractivity contribution in [2.75, 3.05) is 34.4 Å². The molecule has 0 atom stereocenters. The lowest BCUT2D eigenvalue weighted by Gasteiger charge is -2.40. The maximum absolute atomic E-state index is 5.50. The van der Waals surface area contributed by atoms with Gasteiger partial charge in [0.15, 0.2) is 0 Å². The lowest BCUT2D eigenvalue weighted by Crippen LogP contribution is -2.53. The third kappa shape index (κ3) is 4.92. The normalized spacial score (nSPS) is 13.2. The smallest absolute Gasteiger partial charge is 0.377 e.